The summed E-state index contributed by atoms with van der Waals surface area (Å²) in [6.07, 6.45) is 10.3. The minimum absolute atomic E-state index is 0.00609. The Morgan fingerprint density at radius 1 is 0.765 bits per heavy atom. The second-order valence-electron chi connectivity index (χ2n) is 7.28. The lowest BCUT2D eigenvalue weighted by atomic mass is 9.60. The molecule has 1 N–H and O–H groups in total. The number of aliphatic hydroxyl groups is 1. The molecule has 1 heteroatoms. The summed E-state index contributed by atoms with van der Waals surface area (Å²) in [5.41, 5.74) is 0.500. The molecule has 0 aromatic heterocycles. The van der Waals surface area contributed by atoms with Crippen LogP contribution in [0.1, 0.15) is 72.1 Å². The van der Waals surface area contributed by atoms with Gasteiger partial charge < -0.3 is 5.11 Å². The Kier molecular flexibility index (Phi) is 4.18. The Bertz CT molecular complexity index is 206. The minimum atomic E-state index is -0.00609. The zero-order valence-corrected chi connectivity index (χ0v) is 11.9. The lowest BCUT2D eigenvalue weighted by molar-refractivity contribution is 0.0173. The first kappa shape index (κ1) is 13.4. The highest BCUT2D eigenvalue weighted by Crippen LogP contribution is 2.48. The summed E-state index contributed by atoms with van der Waals surface area (Å²) in [5, 5.41) is 9.64. The largest absolute Gasteiger partial charge is 0.393 e. The average molecular weight is 238 g/mol. The molecule has 2 rings (SSSR count). The van der Waals surface area contributed by atoms with Crippen molar-refractivity contribution in [2.75, 3.05) is 0 Å². The summed E-state index contributed by atoms with van der Waals surface area (Å²) < 4.78 is 0. The maximum absolute atomic E-state index is 9.64. The molecular weight excluding hydrogens is 208 g/mol. The number of aliphatic hydroxyl groups excluding tert-OH is 1. The molecule has 1 nitrogen and oxygen atoms in total. The topological polar surface area (TPSA) is 20.2 Å². The molecule has 0 aromatic carbocycles. The van der Waals surface area contributed by atoms with E-state index in [1.807, 2.05) is 0 Å². The second-order valence-corrected chi connectivity index (χ2v) is 7.28. The number of hydrogen-bond donors (Lipinski definition) is 1. The molecule has 0 atom stereocenters. The van der Waals surface area contributed by atoms with Gasteiger partial charge in [-0.25, -0.2) is 0 Å². The molecule has 2 fully saturated rings. The number of hydrogen-bond acceptors (Lipinski definition) is 1. The fourth-order valence-corrected chi connectivity index (χ4v) is 4.16. The van der Waals surface area contributed by atoms with E-state index in [1.165, 1.54) is 38.5 Å². The molecule has 2 saturated carbocycles. The minimum Gasteiger partial charge on any atom is -0.393 e. The molecule has 0 spiro atoms. The normalized spacial score (nSPS) is 40.2. The predicted octanol–water partition coefficient (Wildman–Crippen LogP) is 4.39. The van der Waals surface area contributed by atoms with E-state index < -0.39 is 0 Å². The molecule has 100 valence electrons. The van der Waals surface area contributed by atoms with Gasteiger partial charge in [-0.1, -0.05) is 33.6 Å². The van der Waals surface area contributed by atoms with Crippen molar-refractivity contribution in [2.24, 2.45) is 23.2 Å². The van der Waals surface area contributed by atoms with E-state index in [-0.39, 0.29) is 6.10 Å². The van der Waals surface area contributed by atoms with Gasteiger partial charge in [0, 0.05) is 0 Å². The third-order valence-electron chi connectivity index (χ3n) is 5.82. The summed E-state index contributed by atoms with van der Waals surface area (Å²) >= 11 is 0. The van der Waals surface area contributed by atoms with Gasteiger partial charge in [-0.2, -0.15) is 0 Å². The van der Waals surface area contributed by atoms with Crippen LogP contribution in [0.15, 0.2) is 0 Å². The van der Waals surface area contributed by atoms with E-state index in [2.05, 4.69) is 20.8 Å². The van der Waals surface area contributed by atoms with E-state index in [0.29, 0.717) is 5.41 Å². The Balaban J connectivity index is 1.93. The number of rotatable bonds is 2. The second kappa shape index (κ2) is 5.30. The van der Waals surface area contributed by atoms with Crippen molar-refractivity contribution in [2.45, 2.75) is 78.2 Å². The van der Waals surface area contributed by atoms with Gasteiger partial charge >= 0.3 is 0 Å². The van der Waals surface area contributed by atoms with Gasteiger partial charge in [-0.15, -0.1) is 0 Å². The molecule has 2 aliphatic carbocycles. The van der Waals surface area contributed by atoms with E-state index in [4.69, 9.17) is 0 Å². The molecule has 0 saturated heterocycles. The molecule has 17 heavy (non-hydrogen) atoms. The first-order valence-corrected chi connectivity index (χ1v) is 7.68. The van der Waals surface area contributed by atoms with Crippen LogP contribution in [0.4, 0.5) is 0 Å². The molecule has 0 bridgehead atoms. The van der Waals surface area contributed by atoms with Crippen molar-refractivity contribution in [1.29, 1.82) is 0 Å². The van der Waals surface area contributed by atoms with E-state index in [0.717, 1.165) is 30.6 Å². The van der Waals surface area contributed by atoms with Gasteiger partial charge in [-0.3, -0.25) is 0 Å². The van der Waals surface area contributed by atoms with Crippen LogP contribution in [0.5, 0.6) is 0 Å². The summed E-state index contributed by atoms with van der Waals surface area (Å²) in [7, 11) is 0. The van der Waals surface area contributed by atoms with E-state index in [9.17, 15) is 5.11 Å². The fourth-order valence-electron chi connectivity index (χ4n) is 4.16. The van der Waals surface area contributed by atoms with Crippen LogP contribution in [-0.2, 0) is 0 Å². The van der Waals surface area contributed by atoms with Crippen LogP contribution in [0.2, 0.25) is 0 Å². The van der Waals surface area contributed by atoms with Crippen LogP contribution in [0, 0.1) is 23.2 Å². The van der Waals surface area contributed by atoms with Gasteiger partial charge in [0.1, 0.15) is 0 Å². The zero-order chi connectivity index (χ0) is 12.5. The first-order chi connectivity index (χ1) is 8.00. The van der Waals surface area contributed by atoms with Crippen molar-refractivity contribution >= 4 is 0 Å². The molecule has 0 aromatic rings. The smallest absolute Gasteiger partial charge is 0.0540 e. The lowest BCUT2D eigenvalue weighted by Gasteiger charge is -2.46. The van der Waals surface area contributed by atoms with Gasteiger partial charge in [0.05, 0.1) is 6.10 Å². The summed E-state index contributed by atoms with van der Waals surface area (Å²) in [5.74, 6) is 2.73. The zero-order valence-electron chi connectivity index (χ0n) is 11.9. The SMILES string of the molecule is CC1CCC(C(C)(C)C2CCC(O)CC2)CC1. The van der Waals surface area contributed by atoms with Crippen molar-refractivity contribution in [3.8, 4) is 0 Å². The summed E-state index contributed by atoms with van der Waals surface area (Å²) in [6, 6.07) is 0. The van der Waals surface area contributed by atoms with Crippen molar-refractivity contribution < 1.29 is 5.11 Å². The van der Waals surface area contributed by atoms with Crippen molar-refractivity contribution in [1.82, 2.24) is 0 Å². The Morgan fingerprint density at radius 2 is 1.18 bits per heavy atom. The maximum Gasteiger partial charge on any atom is 0.0540 e. The Hall–Kier alpha value is -0.0400. The third-order valence-corrected chi connectivity index (χ3v) is 5.82. The third kappa shape index (κ3) is 3.05. The molecular formula is C16H30O. The Labute approximate surface area is 107 Å². The molecule has 0 radical (unpaired) electrons. The van der Waals surface area contributed by atoms with Gasteiger partial charge in [0.25, 0.3) is 0 Å². The first-order valence-electron chi connectivity index (χ1n) is 7.68. The molecule has 0 aliphatic heterocycles. The molecule has 2 aliphatic rings. The highest BCUT2D eigenvalue weighted by molar-refractivity contribution is 4.90. The van der Waals surface area contributed by atoms with Gasteiger partial charge in [0.15, 0.2) is 0 Å². The van der Waals surface area contributed by atoms with Crippen LogP contribution in [0.3, 0.4) is 0 Å². The highest BCUT2D eigenvalue weighted by atomic mass is 16.3. The van der Waals surface area contributed by atoms with E-state index >= 15 is 0 Å². The average Bonchev–Trinajstić information content (AvgIpc) is 2.30. The van der Waals surface area contributed by atoms with Gasteiger partial charge in [0.2, 0.25) is 0 Å². The van der Waals surface area contributed by atoms with Crippen molar-refractivity contribution in [3.05, 3.63) is 0 Å². The van der Waals surface area contributed by atoms with Gasteiger partial charge in [-0.05, 0) is 61.7 Å². The lowest BCUT2D eigenvalue weighted by Crippen LogP contribution is -2.37. The highest BCUT2D eigenvalue weighted by Gasteiger charge is 2.39. The fraction of sp³-hybridized carbons (Fsp3) is 1.00. The monoisotopic (exact) mass is 238 g/mol. The molecule has 0 amide bonds. The van der Waals surface area contributed by atoms with Crippen LogP contribution in [0.25, 0.3) is 0 Å². The van der Waals surface area contributed by atoms with Crippen molar-refractivity contribution in [3.63, 3.8) is 0 Å². The predicted molar refractivity (Wildman–Crippen MR) is 72.9 cm³/mol. The van der Waals surface area contributed by atoms with Crippen LogP contribution < -0.4 is 0 Å². The van der Waals surface area contributed by atoms with Crippen LogP contribution in [-0.4, -0.2) is 11.2 Å². The summed E-state index contributed by atoms with van der Waals surface area (Å²) in [4.78, 5) is 0. The molecule has 0 unspecified atom stereocenters. The van der Waals surface area contributed by atoms with E-state index in [1.54, 1.807) is 0 Å². The van der Waals surface area contributed by atoms with Crippen LogP contribution >= 0.6 is 0 Å². The standard InChI is InChI=1S/C16H30O/c1-12-4-6-13(7-5-12)16(2,3)14-8-10-15(17)11-9-14/h12-15,17H,4-11H2,1-3H3. The molecule has 0 heterocycles. The maximum atomic E-state index is 9.64. The Morgan fingerprint density at radius 3 is 1.65 bits per heavy atom. The quantitative estimate of drug-likeness (QED) is 0.756. The summed E-state index contributed by atoms with van der Waals surface area (Å²) in [6.45, 7) is 7.40.